The van der Waals surface area contributed by atoms with Crippen LogP contribution < -0.4 is 0 Å². The van der Waals surface area contributed by atoms with E-state index in [0.717, 1.165) is 0 Å². The molecular formula is C6H12S3. The summed E-state index contributed by atoms with van der Waals surface area (Å²) in [6.45, 7) is 2.21. The van der Waals surface area contributed by atoms with Gasteiger partial charge in [0.1, 0.15) is 3.41 Å². The van der Waals surface area contributed by atoms with Crippen LogP contribution in [0.2, 0.25) is 0 Å². The van der Waals surface area contributed by atoms with Crippen molar-refractivity contribution in [2.45, 2.75) is 34.8 Å². The summed E-state index contributed by atoms with van der Waals surface area (Å²) in [6, 6.07) is 0. The first-order chi connectivity index (χ1) is 4.17. The van der Waals surface area contributed by atoms with E-state index < -0.39 is 0 Å². The molecular weight excluding hydrogens is 168 g/mol. The molecule has 0 aromatic heterocycles. The lowest BCUT2D eigenvalue weighted by Gasteiger charge is -1.95. The van der Waals surface area contributed by atoms with E-state index in [1.54, 1.807) is 0 Å². The standard InChI is InChI=1S/C6H12S3/c1-2-3-4-5-6(7,8)9-5/h5,7-8H,2-4H2,1H3. The van der Waals surface area contributed by atoms with Crippen molar-refractivity contribution >= 4 is 37.0 Å². The lowest BCUT2D eigenvalue weighted by Crippen LogP contribution is -1.95. The van der Waals surface area contributed by atoms with E-state index in [1.807, 2.05) is 11.8 Å². The quantitative estimate of drug-likeness (QED) is 0.382. The monoisotopic (exact) mass is 180 g/mol. The van der Waals surface area contributed by atoms with Gasteiger partial charge in [-0.25, -0.2) is 0 Å². The van der Waals surface area contributed by atoms with Crippen LogP contribution in [0.1, 0.15) is 26.2 Å². The van der Waals surface area contributed by atoms with E-state index in [9.17, 15) is 0 Å². The summed E-state index contributed by atoms with van der Waals surface area (Å²) in [5.74, 6) is 0. The molecule has 0 saturated carbocycles. The van der Waals surface area contributed by atoms with Crippen molar-refractivity contribution in [3.05, 3.63) is 0 Å². The van der Waals surface area contributed by atoms with Crippen molar-refractivity contribution in [2.75, 3.05) is 0 Å². The second-order valence-electron chi connectivity index (χ2n) is 2.41. The van der Waals surface area contributed by atoms with Crippen molar-refractivity contribution in [3.8, 4) is 0 Å². The zero-order valence-electron chi connectivity index (χ0n) is 5.50. The van der Waals surface area contributed by atoms with E-state index in [1.165, 1.54) is 19.3 Å². The number of unbranched alkanes of at least 4 members (excludes halogenated alkanes) is 1. The van der Waals surface area contributed by atoms with Gasteiger partial charge in [0.2, 0.25) is 0 Å². The summed E-state index contributed by atoms with van der Waals surface area (Å²) < 4.78 is 0.0230. The fourth-order valence-corrected chi connectivity index (χ4v) is 2.59. The first-order valence-electron chi connectivity index (χ1n) is 3.29. The van der Waals surface area contributed by atoms with Gasteiger partial charge in [0, 0.05) is 5.25 Å². The Bertz CT molecular complexity index is 100. The summed E-state index contributed by atoms with van der Waals surface area (Å²) in [4.78, 5) is 0. The molecule has 0 aromatic rings. The molecule has 1 rings (SSSR count). The summed E-state index contributed by atoms with van der Waals surface area (Å²) >= 11 is 10.5. The molecule has 1 aliphatic heterocycles. The average molecular weight is 180 g/mol. The Morgan fingerprint density at radius 2 is 2.11 bits per heavy atom. The van der Waals surface area contributed by atoms with Crippen molar-refractivity contribution in [1.82, 2.24) is 0 Å². The first kappa shape index (κ1) is 8.15. The van der Waals surface area contributed by atoms with Crippen LogP contribution in [-0.4, -0.2) is 8.66 Å². The molecule has 9 heavy (non-hydrogen) atoms. The molecule has 1 fully saturated rings. The minimum Gasteiger partial charge on any atom is -0.150 e. The zero-order valence-corrected chi connectivity index (χ0v) is 8.11. The minimum atomic E-state index is 0.0230. The maximum Gasteiger partial charge on any atom is 0.113 e. The Morgan fingerprint density at radius 1 is 1.56 bits per heavy atom. The number of hydrogen-bond donors (Lipinski definition) is 2. The highest BCUT2D eigenvalue weighted by atomic mass is 32.2. The minimum absolute atomic E-state index is 0.0230. The van der Waals surface area contributed by atoms with Crippen LogP contribution in [0.3, 0.4) is 0 Å². The maximum atomic E-state index is 4.33. The Kier molecular flexibility index (Phi) is 2.69. The Labute approximate surface area is 72.0 Å². The van der Waals surface area contributed by atoms with Crippen molar-refractivity contribution in [2.24, 2.45) is 0 Å². The Balaban J connectivity index is 2.06. The SMILES string of the molecule is CCCCC1SC1(S)S. The predicted molar refractivity (Wildman–Crippen MR) is 51.6 cm³/mol. The highest BCUT2D eigenvalue weighted by Crippen LogP contribution is 2.61. The molecule has 1 heterocycles. The number of hydrogen-bond acceptors (Lipinski definition) is 3. The molecule has 0 aliphatic carbocycles. The molecule has 1 aliphatic rings. The van der Waals surface area contributed by atoms with Crippen molar-refractivity contribution in [3.63, 3.8) is 0 Å². The zero-order chi connectivity index (χ0) is 6.91. The van der Waals surface area contributed by atoms with Gasteiger partial charge in [0.05, 0.1) is 0 Å². The molecule has 1 saturated heterocycles. The predicted octanol–water partition coefficient (Wildman–Crippen LogP) is 2.81. The molecule has 0 N–H and O–H groups in total. The number of thioether (sulfide) groups is 1. The van der Waals surface area contributed by atoms with Gasteiger partial charge < -0.3 is 0 Å². The molecule has 0 bridgehead atoms. The summed E-state index contributed by atoms with van der Waals surface area (Å²) in [6.07, 6.45) is 3.89. The molecule has 54 valence electrons. The van der Waals surface area contributed by atoms with Crippen molar-refractivity contribution < 1.29 is 0 Å². The van der Waals surface area contributed by atoms with Gasteiger partial charge in [-0.1, -0.05) is 19.8 Å². The molecule has 0 amide bonds. The second-order valence-corrected chi connectivity index (χ2v) is 6.22. The van der Waals surface area contributed by atoms with Crippen molar-refractivity contribution in [1.29, 1.82) is 0 Å². The fourth-order valence-electron chi connectivity index (χ4n) is 0.812. The van der Waals surface area contributed by atoms with Crippen LogP contribution in [-0.2, 0) is 0 Å². The third kappa shape index (κ3) is 2.28. The van der Waals surface area contributed by atoms with Gasteiger partial charge in [-0.2, -0.15) is 25.3 Å². The molecule has 1 atom stereocenters. The molecule has 1 unspecified atom stereocenters. The van der Waals surface area contributed by atoms with Crippen LogP contribution in [0.15, 0.2) is 0 Å². The summed E-state index contributed by atoms with van der Waals surface area (Å²) in [5, 5.41) is 0.712. The maximum absolute atomic E-state index is 4.33. The van der Waals surface area contributed by atoms with Crippen LogP contribution in [0.4, 0.5) is 0 Å². The lowest BCUT2D eigenvalue weighted by molar-refractivity contribution is 0.730. The topological polar surface area (TPSA) is 0 Å². The van der Waals surface area contributed by atoms with E-state index in [0.29, 0.717) is 5.25 Å². The Hall–Kier alpha value is 1.05. The van der Waals surface area contributed by atoms with Gasteiger partial charge in [0.25, 0.3) is 0 Å². The van der Waals surface area contributed by atoms with Gasteiger partial charge in [-0.05, 0) is 6.42 Å². The fraction of sp³-hybridized carbons (Fsp3) is 1.00. The average Bonchev–Trinajstić information content (AvgIpc) is 2.35. The largest absolute Gasteiger partial charge is 0.150 e. The molecule has 0 spiro atoms. The van der Waals surface area contributed by atoms with Crippen LogP contribution in [0, 0.1) is 0 Å². The lowest BCUT2D eigenvalue weighted by atomic mass is 10.2. The van der Waals surface area contributed by atoms with Gasteiger partial charge in [-0.15, -0.1) is 11.8 Å². The number of thiol groups is 2. The Morgan fingerprint density at radius 3 is 2.44 bits per heavy atom. The van der Waals surface area contributed by atoms with E-state index >= 15 is 0 Å². The smallest absolute Gasteiger partial charge is 0.113 e. The second kappa shape index (κ2) is 2.97. The molecule has 0 radical (unpaired) electrons. The summed E-state index contributed by atoms with van der Waals surface area (Å²) in [7, 11) is 0. The third-order valence-electron chi connectivity index (χ3n) is 1.50. The first-order valence-corrected chi connectivity index (χ1v) is 5.07. The highest BCUT2D eigenvalue weighted by molar-refractivity contribution is 8.31. The third-order valence-corrected chi connectivity index (χ3v) is 4.35. The summed E-state index contributed by atoms with van der Waals surface area (Å²) in [5.41, 5.74) is 0. The van der Waals surface area contributed by atoms with E-state index in [2.05, 4.69) is 32.2 Å². The normalized spacial score (nSPS) is 30.3. The van der Waals surface area contributed by atoms with Crippen LogP contribution in [0.5, 0.6) is 0 Å². The van der Waals surface area contributed by atoms with E-state index in [-0.39, 0.29) is 3.41 Å². The molecule has 0 aromatic carbocycles. The number of rotatable bonds is 3. The van der Waals surface area contributed by atoms with Crippen LogP contribution >= 0.6 is 37.0 Å². The van der Waals surface area contributed by atoms with Crippen LogP contribution in [0.25, 0.3) is 0 Å². The molecule has 0 nitrogen and oxygen atoms in total. The van der Waals surface area contributed by atoms with Gasteiger partial charge in [0.15, 0.2) is 0 Å². The van der Waals surface area contributed by atoms with Gasteiger partial charge >= 0.3 is 0 Å². The van der Waals surface area contributed by atoms with E-state index in [4.69, 9.17) is 0 Å². The highest BCUT2D eigenvalue weighted by Gasteiger charge is 2.48. The molecule has 3 heteroatoms. The van der Waals surface area contributed by atoms with Gasteiger partial charge in [-0.3, -0.25) is 0 Å².